The molecular formula is C24H20FN7O. The Labute approximate surface area is 188 Å². The number of aryl methyl sites for hydroxylation is 3. The number of fused-ring (bicyclic) bond motifs is 1. The smallest absolute Gasteiger partial charge is 0.256 e. The van der Waals surface area contributed by atoms with Crippen molar-refractivity contribution in [1.82, 2.24) is 29.5 Å². The minimum Gasteiger partial charge on any atom is -0.306 e. The summed E-state index contributed by atoms with van der Waals surface area (Å²) in [6.07, 6.45) is 3.11. The number of amides is 1. The fourth-order valence-electron chi connectivity index (χ4n) is 3.61. The van der Waals surface area contributed by atoms with Gasteiger partial charge in [0.1, 0.15) is 18.0 Å². The zero-order valence-corrected chi connectivity index (χ0v) is 18.2. The van der Waals surface area contributed by atoms with E-state index in [-0.39, 0.29) is 5.56 Å². The SMILES string of the molecule is Cc1cc(NC(=O)c2cccc(F)c2)n(-c2ncnc3c2cnn3-c2ccc(C)c(C)c2)n1. The van der Waals surface area contributed by atoms with Crippen LogP contribution in [0.5, 0.6) is 0 Å². The maximum Gasteiger partial charge on any atom is 0.256 e. The van der Waals surface area contributed by atoms with Gasteiger partial charge in [0, 0.05) is 11.6 Å². The summed E-state index contributed by atoms with van der Waals surface area (Å²) in [6, 6.07) is 13.3. The molecule has 0 aliphatic carbocycles. The number of carbonyl (C=O) groups is 1. The van der Waals surface area contributed by atoms with Crippen LogP contribution in [0, 0.1) is 26.6 Å². The first kappa shape index (κ1) is 20.5. The molecular weight excluding hydrogens is 421 g/mol. The van der Waals surface area contributed by atoms with Gasteiger partial charge in [0.05, 0.1) is 23.0 Å². The zero-order valence-electron chi connectivity index (χ0n) is 18.2. The van der Waals surface area contributed by atoms with Gasteiger partial charge in [-0.25, -0.2) is 19.0 Å². The fourth-order valence-corrected chi connectivity index (χ4v) is 3.61. The molecule has 0 aliphatic rings. The molecule has 0 spiro atoms. The maximum absolute atomic E-state index is 13.6. The molecule has 3 heterocycles. The van der Waals surface area contributed by atoms with E-state index in [2.05, 4.69) is 32.4 Å². The molecule has 1 N–H and O–H groups in total. The summed E-state index contributed by atoms with van der Waals surface area (Å²) in [5, 5.41) is 12.5. The molecule has 0 aliphatic heterocycles. The average Bonchev–Trinajstić information content (AvgIpc) is 3.39. The molecule has 5 rings (SSSR count). The lowest BCUT2D eigenvalue weighted by Crippen LogP contribution is -2.16. The summed E-state index contributed by atoms with van der Waals surface area (Å²) in [6.45, 7) is 5.91. The van der Waals surface area contributed by atoms with E-state index in [4.69, 9.17) is 0 Å². The Balaban J connectivity index is 1.57. The van der Waals surface area contributed by atoms with E-state index in [0.29, 0.717) is 28.4 Å². The molecule has 5 aromatic rings. The number of rotatable bonds is 4. The lowest BCUT2D eigenvalue weighted by atomic mass is 10.1. The topological polar surface area (TPSA) is 90.5 Å². The molecule has 33 heavy (non-hydrogen) atoms. The van der Waals surface area contributed by atoms with E-state index >= 15 is 0 Å². The number of benzene rings is 2. The van der Waals surface area contributed by atoms with Gasteiger partial charge in [0.15, 0.2) is 11.5 Å². The van der Waals surface area contributed by atoms with Crippen LogP contribution in [0.25, 0.3) is 22.5 Å². The number of nitrogens with zero attached hydrogens (tertiary/aromatic N) is 6. The lowest BCUT2D eigenvalue weighted by molar-refractivity contribution is 0.102. The summed E-state index contributed by atoms with van der Waals surface area (Å²) in [5.74, 6) is -0.0613. The second-order valence-electron chi connectivity index (χ2n) is 7.81. The highest BCUT2D eigenvalue weighted by Crippen LogP contribution is 2.25. The number of halogens is 1. The van der Waals surface area contributed by atoms with Gasteiger partial charge in [-0.15, -0.1) is 0 Å². The molecule has 2 aromatic carbocycles. The van der Waals surface area contributed by atoms with Gasteiger partial charge in [-0.2, -0.15) is 14.9 Å². The number of carbonyl (C=O) groups excluding carboxylic acids is 1. The third-order valence-corrected chi connectivity index (χ3v) is 5.44. The summed E-state index contributed by atoms with van der Waals surface area (Å²) in [7, 11) is 0. The van der Waals surface area contributed by atoms with Gasteiger partial charge < -0.3 is 5.32 Å². The van der Waals surface area contributed by atoms with Gasteiger partial charge in [0.25, 0.3) is 5.91 Å². The highest BCUT2D eigenvalue weighted by Gasteiger charge is 2.18. The molecule has 8 nitrogen and oxygen atoms in total. The van der Waals surface area contributed by atoms with Gasteiger partial charge in [-0.1, -0.05) is 12.1 Å². The number of hydrogen-bond acceptors (Lipinski definition) is 5. The molecule has 0 fully saturated rings. The molecule has 1 amide bonds. The van der Waals surface area contributed by atoms with E-state index in [1.807, 2.05) is 32.0 Å². The van der Waals surface area contributed by atoms with Crippen LogP contribution in [0.4, 0.5) is 10.2 Å². The van der Waals surface area contributed by atoms with E-state index in [9.17, 15) is 9.18 Å². The van der Waals surface area contributed by atoms with Crippen LogP contribution in [0.2, 0.25) is 0 Å². The first-order valence-corrected chi connectivity index (χ1v) is 10.3. The monoisotopic (exact) mass is 441 g/mol. The number of aromatic nitrogens is 6. The maximum atomic E-state index is 13.6. The van der Waals surface area contributed by atoms with Crippen LogP contribution in [0.3, 0.4) is 0 Å². The molecule has 164 valence electrons. The van der Waals surface area contributed by atoms with Crippen molar-refractivity contribution >= 4 is 22.8 Å². The van der Waals surface area contributed by atoms with Crippen LogP contribution >= 0.6 is 0 Å². The van der Waals surface area contributed by atoms with Crippen molar-refractivity contribution in [2.24, 2.45) is 0 Å². The van der Waals surface area contributed by atoms with Crippen molar-refractivity contribution in [3.63, 3.8) is 0 Å². The first-order chi connectivity index (χ1) is 15.9. The first-order valence-electron chi connectivity index (χ1n) is 10.3. The third-order valence-electron chi connectivity index (χ3n) is 5.44. The van der Waals surface area contributed by atoms with Gasteiger partial charge in [-0.3, -0.25) is 4.79 Å². The molecule has 0 radical (unpaired) electrons. The minimum absolute atomic E-state index is 0.204. The molecule has 0 bridgehead atoms. The van der Waals surface area contributed by atoms with Crippen molar-refractivity contribution in [3.8, 4) is 11.5 Å². The quantitative estimate of drug-likeness (QED) is 0.449. The Morgan fingerprint density at radius 3 is 2.61 bits per heavy atom. The molecule has 0 unspecified atom stereocenters. The van der Waals surface area contributed by atoms with Crippen molar-refractivity contribution in [3.05, 3.63) is 89.3 Å². The van der Waals surface area contributed by atoms with Crippen molar-refractivity contribution in [2.75, 3.05) is 5.32 Å². The zero-order chi connectivity index (χ0) is 23.1. The predicted octanol–water partition coefficient (Wildman–Crippen LogP) is 4.32. The molecule has 9 heteroatoms. The summed E-state index contributed by atoms with van der Waals surface area (Å²) < 4.78 is 16.8. The van der Waals surface area contributed by atoms with E-state index in [0.717, 1.165) is 11.3 Å². The fraction of sp³-hybridized carbons (Fsp3) is 0.125. The van der Waals surface area contributed by atoms with Crippen LogP contribution < -0.4 is 5.32 Å². The number of nitrogens with one attached hydrogen (secondary N) is 1. The molecule has 0 saturated carbocycles. The highest BCUT2D eigenvalue weighted by molar-refractivity contribution is 6.04. The normalized spacial score (nSPS) is 11.2. The lowest BCUT2D eigenvalue weighted by Gasteiger charge is -2.10. The molecule has 0 saturated heterocycles. The Kier molecular flexibility index (Phi) is 4.93. The Bertz CT molecular complexity index is 1520. The molecule has 0 atom stereocenters. The van der Waals surface area contributed by atoms with Crippen LogP contribution in [0.15, 0.2) is 61.1 Å². The Hall–Kier alpha value is -4.40. The van der Waals surface area contributed by atoms with Crippen molar-refractivity contribution < 1.29 is 9.18 Å². The minimum atomic E-state index is -0.483. The van der Waals surface area contributed by atoms with E-state index in [1.54, 1.807) is 23.0 Å². The van der Waals surface area contributed by atoms with Gasteiger partial charge in [-0.05, 0) is 62.2 Å². The van der Waals surface area contributed by atoms with Crippen molar-refractivity contribution in [2.45, 2.75) is 20.8 Å². The Morgan fingerprint density at radius 1 is 0.970 bits per heavy atom. The van der Waals surface area contributed by atoms with E-state index in [1.165, 1.54) is 34.8 Å². The standard InChI is InChI=1S/C24H20FN7O/c1-14-7-8-19(9-15(14)2)31-22-20(12-28-31)23(27-13-26-22)32-21(10-16(3)30-32)29-24(33)17-5-4-6-18(25)11-17/h4-13H,1-3H3,(H,29,33). The molecule has 3 aromatic heterocycles. The highest BCUT2D eigenvalue weighted by atomic mass is 19.1. The van der Waals surface area contributed by atoms with Crippen LogP contribution in [-0.4, -0.2) is 35.4 Å². The predicted molar refractivity (Wildman–Crippen MR) is 122 cm³/mol. The van der Waals surface area contributed by atoms with E-state index < -0.39 is 11.7 Å². The summed E-state index contributed by atoms with van der Waals surface area (Å²) in [4.78, 5) is 21.5. The van der Waals surface area contributed by atoms with Crippen LogP contribution in [-0.2, 0) is 0 Å². The number of anilines is 1. The van der Waals surface area contributed by atoms with Gasteiger partial charge >= 0.3 is 0 Å². The van der Waals surface area contributed by atoms with Crippen molar-refractivity contribution in [1.29, 1.82) is 0 Å². The summed E-state index contributed by atoms with van der Waals surface area (Å²) >= 11 is 0. The second-order valence-corrected chi connectivity index (χ2v) is 7.81. The third kappa shape index (κ3) is 3.73. The van der Waals surface area contributed by atoms with Crippen LogP contribution in [0.1, 0.15) is 27.2 Å². The van der Waals surface area contributed by atoms with Gasteiger partial charge in [0.2, 0.25) is 0 Å². The Morgan fingerprint density at radius 2 is 1.82 bits per heavy atom. The summed E-state index contributed by atoms with van der Waals surface area (Å²) in [5.41, 5.74) is 4.72. The average molecular weight is 441 g/mol. The number of hydrogen-bond donors (Lipinski definition) is 1. The second kappa shape index (κ2) is 7.94. The largest absolute Gasteiger partial charge is 0.306 e.